The molecule has 2 aromatic rings. The van der Waals surface area contributed by atoms with Gasteiger partial charge in [0.25, 0.3) is 5.91 Å². The molecule has 0 radical (unpaired) electrons. The SMILES string of the molecule is CC1=C(C(=O)Nc2ccccc2C)[C@@H](c2cccs2)NC(=O)N1. The first-order chi connectivity index (χ1) is 11.1. The van der Waals surface area contributed by atoms with Crippen LogP contribution in [0.4, 0.5) is 10.5 Å². The number of rotatable bonds is 3. The van der Waals surface area contributed by atoms with Crippen LogP contribution in [0.15, 0.2) is 53.0 Å². The fourth-order valence-corrected chi connectivity index (χ4v) is 3.35. The van der Waals surface area contributed by atoms with Crippen LogP contribution in [0.2, 0.25) is 0 Å². The van der Waals surface area contributed by atoms with Gasteiger partial charge in [-0.25, -0.2) is 4.79 Å². The molecule has 1 aliphatic heterocycles. The predicted molar refractivity (Wildman–Crippen MR) is 91.2 cm³/mol. The topological polar surface area (TPSA) is 70.2 Å². The molecular weight excluding hydrogens is 310 g/mol. The minimum absolute atomic E-state index is 0.220. The van der Waals surface area contributed by atoms with E-state index in [1.54, 1.807) is 6.92 Å². The summed E-state index contributed by atoms with van der Waals surface area (Å²) in [6, 6.07) is 10.7. The van der Waals surface area contributed by atoms with Gasteiger partial charge >= 0.3 is 6.03 Å². The van der Waals surface area contributed by atoms with E-state index in [4.69, 9.17) is 0 Å². The lowest BCUT2D eigenvalue weighted by molar-refractivity contribution is -0.113. The highest BCUT2D eigenvalue weighted by Gasteiger charge is 2.31. The van der Waals surface area contributed by atoms with E-state index in [1.807, 2.05) is 48.7 Å². The lowest BCUT2D eigenvalue weighted by Crippen LogP contribution is -2.45. The molecule has 0 fully saturated rings. The van der Waals surface area contributed by atoms with Gasteiger partial charge in [0, 0.05) is 16.3 Å². The molecule has 3 N–H and O–H groups in total. The maximum absolute atomic E-state index is 12.8. The Kier molecular flexibility index (Phi) is 4.16. The molecule has 0 bridgehead atoms. The summed E-state index contributed by atoms with van der Waals surface area (Å²) >= 11 is 1.51. The van der Waals surface area contributed by atoms with Crippen LogP contribution in [0.25, 0.3) is 0 Å². The average molecular weight is 327 g/mol. The average Bonchev–Trinajstić information content (AvgIpc) is 3.03. The van der Waals surface area contributed by atoms with Crippen LogP contribution in [-0.4, -0.2) is 11.9 Å². The van der Waals surface area contributed by atoms with Gasteiger partial charge in [0.15, 0.2) is 0 Å². The van der Waals surface area contributed by atoms with Crippen LogP contribution in [-0.2, 0) is 4.79 Å². The van der Waals surface area contributed by atoms with E-state index >= 15 is 0 Å². The number of aryl methyl sites for hydroxylation is 1. The second-order valence-electron chi connectivity index (χ2n) is 5.35. The van der Waals surface area contributed by atoms with E-state index in [9.17, 15) is 9.59 Å². The van der Waals surface area contributed by atoms with E-state index in [0.29, 0.717) is 11.3 Å². The molecule has 6 heteroatoms. The molecule has 2 heterocycles. The quantitative estimate of drug-likeness (QED) is 0.809. The second kappa shape index (κ2) is 6.26. The first-order valence-electron chi connectivity index (χ1n) is 7.25. The highest BCUT2D eigenvalue weighted by Crippen LogP contribution is 2.30. The molecule has 1 aromatic heterocycles. The van der Waals surface area contributed by atoms with Gasteiger partial charge in [0.05, 0.1) is 11.6 Å². The van der Waals surface area contributed by atoms with Crippen LogP contribution in [0.3, 0.4) is 0 Å². The summed E-state index contributed by atoms with van der Waals surface area (Å²) in [7, 11) is 0. The van der Waals surface area contributed by atoms with E-state index in [1.165, 1.54) is 11.3 Å². The van der Waals surface area contributed by atoms with Gasteiger partial charge in [0.2, 0.25) is 0 Å². The zero-order chi connectivity index (χ0) is 16.4. The molecule has 0 aliphatic carbocycles. The number of urea groups is 1. The van der Waals surface area contributed by atoms with Crippen molar-refractivity contribution in [1.29, 1.82) is 0 Å². The highest BCUT2D eigenvalue weighted by molar-refractivity contribution is 7.10. The van der Waals surface area contributed by atoms with Gasteiger partial charge in [0.1, 0.15) is 0 Å². The van der Waals surface area contributed by atoms with E-state index in [2.05, 4.69) is 16.0 Å². The minimum Gasteiger partial charge on any atom is -0.326 e. The molecule has 0 saturated carbocycles. The predicted octanol–water partition coefficient (Wildman–Crippen LogP) is 3.32. The number of hydrogen-bond acceptors (Lipinski definition) is 3. The maximum Gasteiger partial charge on any atom is 0.319 e. The fourth-order valence-electron chi connectivity index (χ4n) is 2.57. The van der Waals surface area contributed by atoms with Crippen molar-refractivity contribution < 1.29 is 9.59 Å². The summed E-state index contributed by atoms with van der Waals surface area (Å²) in [6.45, 7) is 3.68. The van der Waals surface area contributed by atoms with Crippen LogP contribution in [0.5, 0.6) is 0 Å². The first-order valence-corrected chi connectivity index (χ1v) is 8.13. The third-order valence-corrected chi connectivity index (χ3v) is 4.67. The lowest BCUT2D eigenvalue weighted by Gasteiger charge is -2.27. The molecule has 23 heavy (non-hydrogen) atoms. The zero-order valence-electron chi connectivity index (χ0n) is 12.8. The summed E-state index contributed by atoms with van der Waals surface area (Å²) in [5.41, 5.74) is 2.84. The normalized spacial score (nSPS) is 17.5. The largest absolute Gasteiger partial charge is 0.326 e. The Balaban J connectivity index is 1.94. The zero-order valence-corrected chi connectivity index (χ0v) is 13.7. The summed E-state index contributed by atoms with van der Waals surface area (Å²) in [4.78, 5) is 25.5. The molecule has 3 rings (SSSR count). The second-order valence-corrected chi connectivity index (χ2v) is 6.33. The highest BCUT2D eigenvalue weighted by atomic mass is 32.1. The smallest absolute Gasteiger partial charge is 0.319 e. The van der Waals surface area contributed by atoms with Crippen molar-refractivity contribution in [3.05, 3.63) is 63.5 Å². The number of benzene rings is 1. The monoisotopic (exact) mass is 327 g/mol. The van der Waals surface area contributed by atoms with Gasteiger partial charge < -0.3 is 16.0 Å². The standard InChI is InChI=1S/C17H17N3O2S/c1-10-6-3-4-7-12(10)19-16(21)14-11(2)18-17(22)20-15(14)13-8-5-9-23-13/h3-9,15H,1-2H3,(H,19,21)(H2,18,20,22)/t15-/m1/s1. The number of allylic oxidation sites excluding steroid dienone is 1. The van der Waals surface area contributed by atoms with E-state index < -0.39 is 6.04 Å². The number of hydrogen-bond donors (Lipinski definition) is 3. The summed E-state index contributed by atoms with van der Waals surface area (Å²) in [6.07, 6.45) is 0. The van der Waals surface area contributed by atoms with Crippen LogP contribution in [0.1, 0.15) is 23.4 Å². The van der Waals surface area contributed by atoms with Gasteiger partial charge in [-0.3, -0.25) is 4.79 Å². The number of amides is 3. The van der Waals surface area contributed by atoms with Crippen molar-refractivity contribution in [3.63, 3.8) is 0 Å². The Bertz CT molecular complexity index is 781. The number of carbonyl (C=O) groups is 2. The Labute approximate surface area is 138 Å². The van der Waals surface area contributed by atoms with E-state index in [-0.39, 0.29) is 11.9 Å². The molecule has 1 aliphatic rings. The Morgan fingerprint density at radius 3 is 2.65 bits per heavy atom. The van der Waals surface area contributed by atoms with Crippen LogP contribution < -0.4 is 16.0 Å². The summed E-state index contributed by atoms with van der Waals surface area (Å²) in [5.74, 6) is -0.220. The third kappa shape index (κ3) is 3.12. The van der Waals surface area contributed by atoms with Crippen molar-refractivity contribution in [1.82, 2.24) is 10.6 Å². The van der Waals surface area contributed by atoms with Crippen molar-refractivity contribution in [2.75, 3.05) is 5.32 Å². The van der Waals surface area contributed by atoms with Crippen molar-refractivity contribution in [3.8, 4) is 0 Å². The number of nitrogens with one attached hydrogen (secondary N) is 3. The Hall–Kier alpha value is -2.60. The maximum atomic E-state index is 12.8. The molecule has 1 atom stereocenters. The minimum atomic E-state index is -0.437. The summed E-state index contributed by atoms with van der Waals surface area (Å²) in [5, 5.41) is 10.4. The number of thiophene rings is 1. The number of anilines is 1. The molecular formula is C17H17N3O2S. The van der Waals surface area contributed by atoms with Gasteiger partial charge in [-0.05, 0) is 36.9 Å². The number of carbonyl (C=O) groups excluding carboxylic acids is 2. The van der Waals surface area contributed by atoms with Crippen molar-refractivity contribution >= 4 is 29.0 Å². The third-order valence-electron chi connectivity index (χ3n) is 3.73. The lowest BCUT2D eigenvalue weighted by atomic mass is 10.0. The molecule has 1 aromatic carbocycles. The van der Waals surface area contributed by atoms with E-state index in [0.717, 1.165) is 16.1 Å². The summed E-state index contributed by atoms with van der Waals surface area (Å²) < 4.78 is 0. The molecule has 0 spiro atoms. The first kappa shape index (κ1) is 15.3. The van der Waals surface area contributed by atoms with Gasteiger partial charge in [-0.15, -0.1) is 11.3 Å². The fraction of sp³-hybridized carbons (Fsp3) is 0.176. The van der Waals surface area contributed by atoms with Crippen LogP contribution in [0, 0.1) is 6.92 Å². The molecule has 118 valence electrons. The molecule has 5 nitrogen and oxygen atoms in total. The molecule has 0 saturated heterocycles. The number of para-hydroxylation sites is 1. The van der Waals surface area contributed by atoms with Crippen LogP contribution >= 0.6 is 11.3 Å². The van der Waals surface area contributed by atoms with Gasteiger partial charge in [-0.1, -0.05) is 24.3 Å². The van der Waals surface area contributed by atoms with Crippen molar-refractivity contribution in [2.24, 2.45) is 0 Å². The Morgan fingerprint density at radius 2 is 1.96 bits per heavy atom. The van der Waals surface area contributed by atoms with Crippen molar-refractivity contribution in [2.45, 2.75) is 19.9 Å². The molecule has 0 unspecified atom stereocenters. The van der Waals surface area contributed by atoms with Gasteiger partial charge in [-0.2, -0.15) is 0 Å². The molecule has 3 amide bonds. The Morgan fingerprint density at radius 1 is 1.17 bits per heavy atom.